The number of nitrogen functional groups attached to an aromatic ring is 1. The van der Waals surface area contributed by atoms with Crippen molar-refractivity contribution in [3.05, 3.63) is 17.8 Å². The number of aromatic nitrogens is 1. The lowest BCUT2D eigenvalue weighted by Crippen LogP contribution is -2.33. The number of carbonyl (C=O) groups is 1. The van der Waals surface area contributed by atoms with Crippen molar-refractivity contribution in [1.29, 1.82) is 0 Å². The number of nitrogens with two attached hydrogens (primary N) is 1. The molecule has 92 valence electrons. The Morgan fingerprint density at radius 3 is 2.88 bits per heavy atom. The maximum Gasteiger partial charge on any atom is 0.241 e. The van der Waals surface area contributed by atoms with E-state index in [1.165, 1.54) is 0 Å². The van der Waals surface area contributed by atoms with E-state index >= 15 is 0 Å². The summed E-state index contributed by atoms with van der Waals surface area (Å²) in [4.78, 5) is 17.9. The van der Waals surface area contributed by atoms with Crippen molar-refractivity contribution < 1.29 is 4.79 Å². The average Bonchev–Trinajstić information content (AvgIpc) is 2.81. The molecule has 3 N–H and O–H groups in total. The number of carbonyl (C=O) groups excluding carboxylic acids is 1. The van der Waals surface area contributed by atoms with Crippen molar-refractivity contribution in [1.82, 2.24) is 9.88 Å². The van der Waals surface area contributed by atoms with E-state index in [0.29, 0.717) is 12.2 Å². The Kier molecular flexibility index (Phi) is 3.46. The standard InChI is InChI=1S/C12H18N4O/c1-9-6-10(13)7-14-12(9)15-8-11(17)16-4-2-3-5-16/h6-7H,2-5,8,13H2,1H3,(H,14,15). The molecule has 1 fully saturated rings. The van der Waals surface area contributed by atoms with E-state index in [4.69, 9.17) is 5.73 Å². The van der Waals surface area contributed by atoms with Crippen molar-refractivity contribution in [3.8, 4) is 0 Å². The number of likely N-dealkylation sites (tertiary alicyclic amines) is 1. The third-order valence-electron chi connectivity index (χ3n) is 2.97. The third-order valence-corrected chi connectivity index (χ3v) is 2.97. The van der Waals surface area contributed by atoms with Gasteiger partial charge in [0.2, 0.25) is 5.91 Å². The molecule has 0 unspecified atom stereocenters. The van der Waals surface area contributed by atoms with Gasteiger partial charge in [-0.2, -0.15) is 0 Å². The molecule has 1 aromatic heterocycles. The maximum absolute atomic E-state index is 11.8. The molecular formula is C12H18N4O. The molecule has 0 radical (unpaired) electrons. The van der Waals surface area contributed by atoms with E-state index in [1.807, 2.05) is 17.9 Å². The van der Waals surface area contributed by atoms with E-state index in [-0.39, 0.29) is 5.91 Å². The predicted molar refractivity (Wildman–Crippen MR) is 67.7 cm³/mol. The van der Waals surface area contributed by atoms with Gasteiger partial charge in [0.15, 0.2) is 0 Å². The van der Waals surface area contributed by atoms with Crippen LogP contribution in [-0.2, 0) is 4.79 Å². The fourth-order valence-corrected chi connectivity index (χ4v) is 2.02. The first-order chi connectivity index (χ1) is 8.16. The van der Waals surface area contributed by atoms with E-state index in [0.717, 1.165) is 37.3 Å². The van der Waals surface area contributed by atoms with Crippen molar-refractivity contribution >= 4 is 17.4 Å². The Morgan fingerprint density at radius 1 is 1.53 bits per heavy atom. The molecule has 0 aliphatic carbocycles. The fraction of sp³-hybridized carbons (Fsp3) is 0.500. The predicted octanol–water partition coefficient (Wildman–Crippen LogP) is 1.01. The number of pyridine rings is 1. The van der Waals surface area contributed by atoms with Crippen LogP contribution in [0.3, 0.4) is 0 Å². The Balaban J connectivity index is 1.90. The summed E-state index contributed by atoms with van der Waals surface area (Å²) in [6, 6.07) is 1.84. The molecular weight excluding hydrogens is 216 g/mol. The van der Waals surface area contributed by atoms with Crippen molar-refractivity contribution in [3.63, 3.8) is 0 Å². The number of anilines is 2. The first kappa shape index (κ1) is 11.7. The van der Waals surface area contributed by atoms with Gasteiger partial charge in [-0.15, -0.1) is 0 Å². The highest BCUT2D eigenvalue weighted by atomic mass is 16.2. The quantitative estimate of drug-likeness (QED) is 0.818. The van der Waals surface area contributed by atoms with Crippen LogP contribution >= 0.6 is 0 Å². The normalized spacial score (nSPS) is 15.0. The van der Waals surface area contributed by atoms with Gasteiger partial charge in [0, 0.05) is 13.1 Å². The highest BCUT2D eigenvalue weighted by Crippen LogP contribution is 2.14. The molecule has 2 heterocycles. The van der Waals surface area contributed by atoms with Gasteiger partial charge in [0.1, 0.15) is 5.82 Å². The Morgan fingerprint density at radius 2 is 2.24 bits per heavy atom. The van der Waals surface area contributed by atoms with Crippen molar-refractivity contribution in [2.75, 3.05) is 30.7 Å². The van der Waals surface area contributed by atoms with Crippen LogP contribution in [0.4, 0.5) is 11.5 Å². The van der Waals surface area contributed by atoms with Crippen LogP contribution < -0.4 is 11.1 Å². The summed E-state index contributed by atoms with van der Waals surface area (Å²) >= 11 is 0. The molecule has 1 amide bonds. The summed E-state index contributed by atoms with van der Waals surface area (Å²) in [6.07, 6.45) is 3.82. The molecule has 0 atom stereocenters. The Labute approximate surface area is 101 Å². The fourth-order valence-electron chi connectivity index (χ4n) is 2.02. The minimum atomic E-state index is 0.139. The second-order valence-electron chi connectivity index (χ2n) is 4.38. The second-order valence-corrected chi connectivity index (χ2v) is 4.38. The number of hydrogen-bond donors (Lipinski definition) is 2. The molecule has 1 aliphatic heterocycles. The summed E-state index contributed by atoms with van der Waals surface area (Å²) in [5, 5.41) is 3.06. The van der Waals surface area contributed by atoms with Gasteiger partial charge in [0.05, 0.1) is 18.4 Å². The first-order valence-corrected chi connectivity index (χ1v) is 5.90. The molecule has 0 bridgehead atoms. The van der Waals surface area contributed by atoms with Gasteiger partial charge in [0.25, 0.3) is 0 Å². The largest absolute Gasteiger partial charge is 0.397 e. The zero-order valence-corrected chi connectivity index (χ0v) is 10.1. The monoisotopic (exact) mass is 234 g/mol. The maximum atomic E-state index is 11.8. The van der Waals surface area contributed by atoms with Crippen LogP contribution in [0.15, 0.2) is 12.3 Å². The number of hydrogen-bond acceptors (Lipinski definition) is 4. The van der Waals surface area contributed by atoms with E-state index < -0.39 is 0 Å². The second kappa shape index (κ2) is 5.03. The summed E-state index contributed by atoms with van der Waals surface area (Å²) in [5.41, 5.74) is 7.21. The summed E-state index contributed by atoms with van der Waals surface area (Å²) < 4.78 is 0. The Bertz CT molecular complexity index is 413. The van der Waals surface area contributed by atoms with Gasteiger partial charge in [-0.05, 0) is 31.4 Å². The Hall–Kier alpha value is -1.78. The lowest BCUT2D eigenvalue weighted by atomic mass is 10.2. The third kappa shape index (κ3) is 2.87. The average molecular weight is 234 g/mol. The first-order valence-electron chi connectivity index (χ1n) is 5.90. The number of amides is 1. The molecule has 0 saturated carbocycles. The van der Waals surface area contributed by atoms with Crippen LogP contribution in [0.5, 0.6) is 0 Å². The van der Waals surface area contributed by atoms with Crippen LogP contribution in [-0.4, -0.2) is 35.4 Å². The minimum absolute atomic E-state index is 0.139. The molecule has 0 aromatic carbocycles. The summed E-state index contributed by atoms with van der Waals surface area (Å²) in [6.45, 7) is 3.99. The topological polar surface area (TPSA) is 71.2 Å². The van der Waals surface area contributed by atoms with E-state index in [2.05, 4.69) is 10.3 Å². The molecule has 2 rings (SSSR count). The molecule has 1 aliphatic rings. The van der Waals surface area contributed by atoms with E-state index in [1.54, 1.807) is 6.20 Å². The summed E-state index contributed by atoms with van der Waals surface area (Å²) in [7, 11) is 0. The van der Waals surface area contributed by atoms with Gasteiger partial charge in [-0.3, -0.25) is 4.79 Å². The van der Waals surface area contributed by atoms with Crippen LogP contribution in [0, 0.1) is 6.92 Å². The lowest BCUT2D eigenvalue weighted by molar-refractivity contribution is -0.128. The molecule has 17 heavy (non-hydrogen) atoms. The number of rotatable bonds is 3. The summed E-state index contributed by atoms with van der Waals surface area (Å²) in [5.74, 6) is 0.868. The zero-order valence-electron chi connectivity index (χ0n) is 10.1. The highest BCUT2D eigenvalue weighted by molar-refractivity contribution is 5.81. The number of aryl methyl sites for hydroxylation is 1. The van der Waals surface area contributed by atoms with Gasteiger partial charge in [-0.25, -0.2) is 4.98 Å². The SMILES string of the molecule is Cc1cc(N)cnc1NCC(=O)N1CCCC1. The van der Waals surface area contributed by atoms with Gasteiger partial charge >= 0.3 is 0 Å². The molecule has 1 aromatic rings. The van der Waals surface area contributed by atoms with Crippen molar-refractivity contribution in [2.45, 2.75) is 19.8 Å². The zero-order chi connectivity index (χ0) is 12.3. The van der Waals surface area contributed by atoms with Gasteiger partial charge in [-0.1, -0.05) is 0 Å². The number of nitrogens with zero attached hydrogens (tertiary/aromatic N) is 2. The number of nitrogens with one attached hydrogen (secondary N) is 1. The molecule has 1 saturated heterocycles. The smallest absolute Gasteiger partial charge is 0.241 e. The van der Waals surface area contributed by atoms with E-state index in [9.17, 15) is 4.79 Å². The molecule has 0 spiro atoms. The molecule has 5 nitrogen and oxygen atoms in total. The van der Waals surface area contributed by atoms with Gasteiger partial charge < -0.3 is 16.0 Å². The van der Waals surface area contributed by atoms with Crippen molar-refractivity contribution in [2.24, 2.45) is 0 Å². The minimum Gasteiger partial charge on any atom is -0.397 e. The van der Waals surface area contributed by atoms with Crippen LogP contribution in [0.25, 0.3) is 0 Å². The lowest BCUT2D eigenvalue weighted by Gasteiger charge is -2.16. The van der Waals surface area contributed by atoms with Crippen LogP contribution in [0.2, 0.25) is 0 Å². The van der Waals surface area contributed by atoms with Crippen LogP contribution in [0.1, 0.15) is 18.4 Å². The molecule has 5 heteroatoms. The highest BCUT2D eigenvalue weighted by Gasteiger charge is 2.17.